The normalized spacial score (nSPS) is 28.0. The van der Waals surface area contributed by atoms with Crippen LogP contribution in [0.3, 0.4) is 0 Å². The highest BCUT2D eigenvalue weighted by molar-refractivity contribution is 7.92. The molecule has 0 radical (unpaired) electrons. The van der Waals surface area contributed by atoms with E-state index in [0.717, 1.165) is 12.8 Å². The van der Waals surface area contributed by atoms with Crippen LogP contribution in [-0.2, 0) is 9.73 Å². The van der Waals surface area contributed by atoms with E-state index in [1.165, 1.54) is 0 Å². The third kappa shape index (κ3) is 1.16. The molecule has 0 spiro atoms. The molecular weight excluding hydrogens is 110 g/mol. The Balaban J connectivity index is 2.76. The summed E-state index contributed by atoms with van der Waals surface area (Å²) in [6.45, 7) is 0. The first-order chi connectivity index (χ1) is 3.21. The SMILES string of the molecule is N=S1(=O)CCCC1. The monoisotopic (exact) mass is 119 g/mol. The van der Waals surface area contributed by atoms with Crippen molar-refractivity contribution in [3.63, 3.8) is 0 Å². The molecule has 1 heterocycles. The summed E-state index contributed by atoms with van der Waals surface area (Å²) in [7, 11) is -2.05. The number of nitrogens with one attached hydrogen (secondary N) is 1. The van der Waals surface area contributed by atoms with E-state index < -0.39 is 9.73 Å². The third-order valence-corrected chi connectivity index (χ3v) is 3.09. The van der Waals surface area contributed by atoms with Gasteiger partial charge < -0.3 is 0 Å². The van der Waals surface area contributed by atoms with Crippen molar-refractivity contribution >= 4 is 9.73 Å². The second kappa shape index (κ2) is 1.47. The maximum Gasteiger partial charge on any atom is 0.0441 e. The molecule has 1 saturated heterocycles. The lowest BCUT2D eigenvalue weighted by atomic mass is 10.4. The van der Waals surface area contributed by atoms with Crippen molar-refractivity contribution in [2.24, 2.45) is 0 Å². The van der Waals surface area contributed by atoms with Crippen LogP contribution in [0.5, 0.6) is 0 Å². The standard InChI is InChI=1S/C4H9NOS/c5-7(6)3-1-2-4-7/h5H,1-4H2. The Bertz CT molecular complexity index is 135. The minimum absolute atomic E-state index is 0.646. The summed E-state index contributed by atoms with van der Waals surface area (Å²) in [5.74, 6) is 1.29. The van der Waals surface area contributed by atoms with E-state index in [-0.39, 0.29) is 0 Å². The Labute approximate surface area is 43.9 Å². The summed E-state index contributed by atoms with van der Waals surface area (Å²) in [6.07, 6.45) is 2.00. The van der Waals surface area contributed by atoms with Crippen LogP contribution in [0.25, 0.3) is 0 Å². The summed E-state index contributed by atoms with van der Waals surface area (Å²) < 4.78 is 17.7. The van der Waals surface area contributed by atoms with Gasteiger partial charge >= 0.3 is 0 Å². The van der Waals surface area contributed by atoms with E-state index in [9.17, 15) is 4.21 Å². The molecule has 0 atom stereocenters. The fourth-order valence-electron chi connectivity index (χ4n) is 0.772. The fourth-order valence-corrected chi connectivity index (χ4v) is 2.32. The van der Waals surface area contributed by atoms with Crippen LogP contribution in [0, 0.1) is 4.78 Å². The molecule has 7 heavy (non-hydrogen) atoms. The van der Waals surface area contributed by atoms with Gasteiger partial charge in [0.15, 0.2) is 0 Å². The van der Waals surface area contributed by atoms with Gasteiger partial charge in [-0.25, -0.2) is 4.21 Å². The Morgan fingerprint density at radius 2 is 1.71 bits per heavy atom. The van der Waals surface area contributed by atoms with Crippen LogP contribution in [0.1, 0.15) is 12.8 Å². The van der Waals surface area contributed by atoms with Gasteiger partial charge in [-0.05, 0) is 12.8 Å². The lowest BCUT2D eigenvalue weighted by molar-refractivity contribution is 0.679. The van der Waals surface area contributed by atoms with Gasteiger partial charge in [0.25, 0.3) is 0 Å². The highest BCUT2D eigenvalue weighted by atomic mass is 32.2. The number of hydrogen-bond donors (Lipinski definition) is 1. The first-order valence-electron chi connectivity index (χ1n) is 2.45. The van der Waals surface area contributed by atoms with E-state index in [4.69, 9.17) is 4.78 Å². The summed E-state index contributed by atoms with van der Waals surface area (Å²) in [6, 6.07) is 0. The minimum Gasteiger partial charge on any atom is -0.253 e. The molecule has 1 rings (SSSR count). The molecule has 0 bridgehead atoms. The van der Waals surface area contributed by atoms with Crippen molar-refractivity contribution in [1.82, 2.24) is 0 Å². The largest absolute Gasteiger partial charge is 0.253 e. The minimum atomic E-state index is -2.05. The number of hydrogen-bond acceptors (Lipinski definition) is 2. The first kappa shape index (κ1) is 5.09. The first-order valence-corrected chi connectivity index (χ1v) is 4.34. The van der Waals surface area contributed by atoms with Crippen molar-refractivity contribution in [2.75, 3.05) is 11.5 Å². The Morgan fingerprint density at radius 3 is 1.86 bits per heavy atom. The van der Waals surface area contributed by atoms with E-state index in [2.05, 4.69) is 0 Å². The molecule has 0 amide bonds. The molecule has 0 saturated carbocycles. The lowest BCUT2D eigenvalue weighted by Gasteiger charge is -1.87. The molecule has 42 valence electrons. The predicted molar refractivity (Wildman–Crippen MR) is 29.8 cm³/mol. The Kier molecular flexibility index (Phi) is 1.07. The smallest absolute Gasteiger partial charge is 0.0441 e. The van der Waals surface area contributed by atoms with Crippen LogP contribution in [0.15, 0.2) is 0 Å². The Morgan fingerprint density at radius 1 is 1.29 bits per heavy atom. The predicted octanol–water partition coefficient (Wildman–Crippen LogP) is 0.827. The van der Waals surface area contributed by atoms with Crippen LogP contribution in [0.2, 0.25) is 0 Å². The third-order valence-electron chi connectivity index (χ3n) is 1.20. The molecule has 3 heteroatoms. The lowest BCUT2D eigenvalue weighted by Crippen LogP contribution is -1.95. The molecule has 0 aliphatic carbocycles. The quantitative estimate of drug-likeness (QED) is 0.504. The zero-order chi connectivity index (χ0) is 5.33. The molecule has 1 aliphatic heterocycles. The van der Waals surface area contributed by atoms with Gasteiger partial charge in [0.05, 0.1) is 0 Å². The summed E-state index contributed by atoms with van der Waals surface area (Å²) in [4.78, 5) is 0. The zero-order valence-corrected chi connectivity index (χ0v) is 4.96. The van der Waals surface area contributed by atoms with Gasteiger partial charge in [0.1, 0.15) is 0 Å². The van der Waals surface area contributed by atoms with Gasteiger partial charge in [-0.3, -0.25) is 4.78 Å². The van der Waals surface area contributed by atoms with Crippen molar-refractivity contribution in [2.45, 2.75) is 12.8 Å². The molecule has 0 aromatic heterocycles. The molecule has 0 unspecified atom stereocenters. The second-order valence-corrected chi connectivity index (χ2v) is 4.37. The Hall–Kier alpha value is -0.0500. The zero-order valence-electron chi connectivity index (χ0n) is 4.14. The van der Waals surface area contributed by atoms with Crippen molar-refractivity contribution < 1.29 is 4.21 Å². The maximum atomic E-state index is 10.7. The van der Waals surface area contributed by atoms with E-state index >= 15 is 0 Å². The molecule has 1 aliphatic rings. The van der Waals surface area contributed by atoms with Crippen LogP contribution >= 0.6 is 0 Å². The molecule has 0 aromatic rings. The fraction of sp³-hybridized carbons (Fsp3) is 1.00. The van der Waals surface area contributed by atoms with Crippen LogP contribution in [-0.4, -0.2) is 15.7 Å². The van der Waals surface area contributed by atoms with E-state index in [1.807, 2.05) is 0 Å². The number of rotatable bonds is 0. The molecule has 1 N–H and O–H groups in total. The second-order valence-electron chi connectivity index (χ2n) is 1.93. The molecule has 0 aromatic carbocycles. The van der Waals surface area contributed by atoms with Crippen molar-refractivity contribution in [1.29, 1.82) is 4.78 Å². The molecule has 1 fully saturated rings. The van der Waals surface area contributed by atoms with Crippen molar-refractivity contribution in [3.05, 3.63) is 0 Å². The summed E-state index contributed by atoms with van der Waals surface area (Å²) in [5, 5.41) is 0. The van der Waals surface area contributed by atoms with Gasteiger partial charge in [-0.2, -0.15) is 0 Å². The maximum absolute atomic E-state index is 10.7. The molecular formula is C4H9NOS. The van der Waals surface area contributed by atoms with Crippen molar-refractivity contribution in [3.8, 4) is 0 Å². The van der Waals surface area contributed by atoms with Crippen LogP contribution in [0.4, 0.5) is 0 Å². The highest BCUT2D eigenvalue weighted by Gasteiger charge is 2.12. The van der Waals surface area contributed by atoms with Gasteiger partial charge in [0, 0.05) is 21.2 Å². The van der Waals surface area contributed by atoms with E-state index in [0.29, 0.717) is 11.5 Å². The van der Waals surface area contributed by atoms with Crippen LogP contribution < -0.4 is 0 Å². The van der Waals surface area contributed by atoms with Gasteiger partial charge in [-0.15, -0.1) is 0 Å². The van der Waals surface area contributed by atoms with Gasteiger partial charge in [-0.1, -0.05) is 0 Å². The topological polar surface area (TPSA) is 40.9 Å². The summed E-state index contributed by atoms with van der Waals surface area (Å²) >= 11 is 0. The average Bonchev–Trinajstić information content (AvgIpc) is 1.84. The highest BCUT2D eigenvalue weighted by Crippen LogP contribution is 2.09. The van der Waals surface area contributed by atoms with E-state index in [1.54, 1.807) is 0 Å². The van der Waals surface area contributed by atoms with Gasteiger partial charge in [0.2, 0.25) is 0 Å². The molecule has 2 nitrogen and oxygen atoms in total. The average molecular weight is 119 g/mol. The summed E-state index contributed by atoms with van der Waals surface area (Å²) in [5.41, 5.74) is 0.